The van der Waals surface area contributed by atoms with Gasteiger partial charge in [0.05, 0.1) is 6.54 Å². The Balaban J connectivity index is 3.46. The second-order valence-corrected chi connectivity index (χ2v) is 4.24. The van der Waals surface area contributed by atoms with Gasteiger partial charge in [-0.25, -0.2) is 4.79 Å². The summed E-state index contributed by atoms with van der Waals surface area (Å²) in [4.78, 5) is 21.5. The molecule has 0 aromatic heterocycles. The van der Waals surface area contributed by atoms with E-state index >= 15 is 0 Å². The third kappa shape index (κ3) is 10.6. The van der Waals surface area contributed by atoms with E-state index in [0.717, 1.165) is 0 Å². The Morgan fingerprint density at radius 1 is 1.13 bits per heavy atom. The van der Waals surface area contributed by atoms with Gasteiger partial charge < -0.3 is 21.7 Å². The number of hydrogen-bond acceptors (Lipinski definition) is 3. The number of nitrogens with one attached hydrogen (secondary N) is 3. The summed E-state index contributed by atoms with van der Waals surface area (Å²) in [5, 5.41) is 8.06. The molecule has 0 bridgehead atoms. The van der Waals surface area contributed by atoms with Crippen LogP contribution in [0.5, 0.6) is 0 Å². The van der Waals surface area contributed by atoms with Crippen molar-refractivity contribution in [1.29, 1.82) is 0 Å². The van der Waals surface area contributed by atoms with Crippen LogP contribution in [0.25, 0.3) is 0 Å². The lowest BCUT2D eigenvalue weighted by molar-refractivity contribution is -0.120. The van der Waals surface area contributed by atoms with E-state index in [1.165, 1.54) is 0 Å². The van der Waals surface area contributed by atoms with Crippen molar-refractivity contribution < 1.29 is 9.59 Å². The average molecular weight is 216 g/mol. The molecule has 0 spiro atoms. The van der Waals surface area contributed by atoms with Gasteiger partial charge in [0.2, 0.25) is 5.91 Å². The Bertz CT molecular complexity index is 223. The fraction of sp³-hybridized carbons (Fsp3) is 0.778. The quantitative estimate of drug-likeness (QED) is 0.451. The molecule has 5 N–H and O–H groups in total. The smallest absolute Gasteiger partial charge is 0.312 e. The number of nitrogens with two attached hydrogens (primary N) is 1. The number of primary amides is 1. The summed E-state index contributed by atoms with van der Waals surface area (Å²) in [6.07, 6.45) is 0. The summed E-state index contributed by atoms with van der Waals surface area (Å²) in [6.45, 7) is 6.93. The van der Waals surface area contributed by atoms with Crippen LogP contribution in [0.15, 0.2) is 0 Å². The van der Waals surface area contributed by atoms with Crippen LogP contribution in [0, 0.1) is 0 Å². The van der Waals surface area contributed by atoms with Crippen molar-refractivity contribution in [2.75, 3.05) is 19.6 Å². The molecule has 0 aliphatic rings. The van der Waals surface area contributed by atoms with Gasteiger partial charge in [0, 0.05) is 18.6 Å². The largest absolute Gasteiger partial charge is 0.353 e. The average Bonchev–Trinajstić information content (AvgIpc) is 2.07. The van der Waals surface area contributed by atoms with Crippen molar-refractivity contribution in [2.45, 2.75) is 26.3 Å². The monoisotopic (exact) mass is 216 g/mol. The molecule has 3 amide bonds. The minimum atomic E-state index is -0.586. The van der Waals surface area contributed by atoms with Gasteiger partial charge in [0.15, 0.2) is 0 Å². The minimum absolute atomic E-state index is 0.0805. The van der Waals surface area contributed by atoms with Gasteiger partial charge in [-0.15, -0.1) is 0 Å². The van der Waals surface area contributed by atoms with Gasteiger partial charge in [0.1, 0.15) is 0 Å². The molecule has 6 heteroatoms. The van der Waals surface area contributed by atoms with Crippen LogP contribution in [-0.2, 0) is 4.79 Å². The van der Waals surface area contributed by atoms with Gasteiger partial charge in [-0.2, -0.15) is 0 Å². The highest BCUT2D eigenvalue weighted by molar-refractivity contribution is 5.78. The molecule has 0 aromatic rings. The first-order valence-corrected chi connectivity index (χ1v) is 4.86. The van der Waals surface area contributed by atoms with Crippen molar-refractivity contribution in [3.05, 3.63) is 0 Å². The number of amides is 3. The van der Waals surface area contributed by atoms with Crippen LogP contribution < -0.4 is 21.7 Å². The zero-order valence-electron chi connectivity index (χ0n) is 9.52. The Hall–Kier alpha value is -1.30. The van der Waals surface area contributed by atoms with Crippen LogP contribution in [0.2, 0.25) is 0 Å². The zero-order valence-corrected chi connectivity index (χ0v) is 9.52. The fourth-order valence-corrected chi connectivity index (χ4v) is 0.796. The molecular formula is C9H20N4O2. The summed E-state index contributed by atoms with van der Waals surface area (Å²) in [6, 6.07) is -0.586. The van der Waals surface area contributed by atoms with Gasteiger partial charge in [-0.1, -0.05) is 0 Å². The van der Waals surface area contributed by atoms with Crippen LogP contribution in [0.1, 0.15) is 20.8 Å². The predicted molar refractivity (Wildman–Crippen MR) is 58.4 cm³/mol. The van der Waals surface area contributed by atoms with Crippen molar-refractivity contribution in [2.24, 2.45) is 5.73 Å². The number of hydrogen-bond donors (Lipinski definition) is 4. The maximum absolute atomic E-state index is 11.2. The summed E-state index contributed by atoms with van der Waals surface area (Å²) in [7, 11) is 0. The molecule has 0 atom stereocenters. The SMILES string of the molecule is CC(C)(C)NCC(=O)NCCNC(N)=O. The second kappa shape index (κ2) is 6.23. The van der Waals surface area contributed by atoms with E-state index < -0.39 is 6.03 Å². The van der Waals surface area contributed by atoms with E-state index in [0.29, 0.717) is 13.1 Å². The van der Waals surface area contributed by atoms with Crippen molar-refractivity contribution in [1.82, 2.24) is 16.0 Å². The van der Waals surface area contributed by atoms with E-state index in [-0.39, 0.29) is 18.0 Å². The molecule has 0 saturated heterocycles. The fourth-order valence-electron chi connectivity index (χ4n) is 0.796. The maximum Gasteiger partial charge on any atom is 0.312 e. The molecule has 0 heterocycles. The highest BCUT2D eigenvalue weighted by Gasteiger charge is 2.10. The molecule has 15 heavy (non-hydrogen) atoms. The molecular weight excluding hydrogens is 196 g/mol. The normalized spacial score (nSPS) is 10.9. The number of carbonyl (C=O) groups is 2. The Labute approximate surface area is 90.0 Å². The lowest BCUT2D eigenvalue weighted by Crippen LogP contribution is -2.45. The van der Waals surface area contributed by atoms with Crippen LogP contribution >= 0.6 is 0 Å². The molecule has 0 unspecified atom stereocenters. The van der Waals surface area contributed by atoms with Crippen molar-refractivity contribution in [3.8, 4) is 0 Å². The predicted octanol–water partition coefficient (Wildman–Crippen LogP) is -0.841. The molecule has 0 aromatic carbocycles. The summed E-state index contributed by atoms with van der Waals surface area (Å²) in [5.41, 5.74) is 4.77. The van der Waals surface area contributed by atoms with Gasteiger partial charge in [0.25, 0.3) is 0 Å². The van der Waals surface area contributed by atoms with Crippen molar-refractivity contribution in [3.63, 3.8) is 0 Å². The maximum atomic E-state index is 11.2. The van der Waals surface area contributed by atoms with Gasteiger partial charge in [-0.05, 0) is 20.8 Å². The van der Waals surface area contributed by atoms with Gasteiger partial charge in [-0.3, -0.25) is 4.79 Å². The van der Waals surface area contributed by atoms with Crippen molar-refractivity contribution >= 4 is 11.9 Å². The lowest BCUT2D eigenvalue weighted by atomic mass is 10.1. The number of carbonyl (C=O) groups excluding carboxylic acids is 2. The van der Waals surface area contributed by atoms with Gasteiger partial charge >= 0.3 is 6.03 Å². The summed E-state index contributed by atoms with van der Waals surface area (Å²) < 4.78 is 0. The summed E-state index contributed by atoms with van der Waals surface area (Å²) in [5.74, 6) is -0.101. The summed E-state index contributed by atoms with van der Waals surface area (Å²) >= 11 is 0. The third-order valence-electron chi connectivity index (χ3n) is 1.53. The molecule has 0 rings (SSSR count). The first-order valence-electron chi connectivity index (χ1n) is 4.86. The van der Waals surface area contributed by atoms with Crippen LogP contribution in [0.4, 0.5) is 4.79 Å². The van der Waals surface area contributed by atoms with E-state index in [4.69, 9.17) is 5.73 Å². The molecule has 0 radical (unpaired) electrons. The van der Waals surface area contributed by atoms with E-state index in [1.54, 1.807) is 0 Å². The first-order chi connectivity index (χ1) is 6.81. The minimum Gasteiger partial charge on any atom is -0.353 e. The molecule has 88 valence electrons. The standard InChI is InChI=1S/C9H20N4O2/c1-9(2,3)13-6-7(14)11-4-5-12-8(10)15/h13H,4-6H2,1-3H3,(H,11,14)(H3,10,12,15). The highest BCUT2D eigenvalue weighted by atomic mass is 16.2. The number of rotatable bonds is 5. The zero-order chi connectivity index (χ0) is 11.9. The first kappa shape index (κ1) is 13.7. The van der Waals surface area contributed by atoms with E-state index in [9.17, 15) is 9.59 Å². The molecule has 0 aliphatic carbocycles. The highest BCUT2D eigenvalue weighted by Crippen LogP contribution is 1.96. The molecule has 6 nitrogen and oxygen atoms in total. The second-order valence-electron chi connectivity index (χ2n) is 4.24. The lowest BCUT2D eigenvalue weighted by Gasteiger charge is -2.19. The number of urea groups is 1. The topological polar surface area (TPSA) is 96.2 Å². The molecule has 0 aliphatic heterocycles. The van der Waals surface area contributed by atoms with E-state index in [1.807, 2.05) is 20.8 Å². The molecule has 0 fully saturated rings. The Morgan fingerprint density at radius 3 is 2.13 bits per heavy atom. The Kier molecular flexibility index (Phi) is 5.69. The Morgan fingerprint density at radius 2 is 1.67 bits per heavy atom. The third-order valence-corrected chi connectivity index (χ3v) is 1.53. The molecule has 0 saturated carbocycles. The van der Waals surface area contributed by atoms with Crippen LogP contribution in [0.3, 0.4) is 0 Å². The van der Waals surface area contributed by atoms with E-state index in [2.05, 4.69) is 16.0 Å². The van der Waals surface area contributed by atoms with Crippen LogP contribution in [-0.4, -0.2) is 37.1 Å².